The van der Waals surface area contributed by atoms with Gasteiger partial charge in [0.15, 0.2) is 9.84 Å². The third kappa shape index (κ3) is 6.59. The summed E-state index contributed by atoms with van der Waals surface area (Å²) < 4.78 is 23.1. The quantitative estimate of drug-likeness (QED) is 0.850. The first-order valence-corrected chi connectivity index (χ1v) is 9.52. The monoisotopic (exact) mass is 382 g/mol. The Balaban J connectivity index is 0.00000242. The predicted octanol–water partition coefficient (Wildman–Crippen LogP) is 2.93. The molecule has 0 spiro atoms. The molecule has 0 saturated carbocycles. The van der Waals surface area contributed by atoms with E-state index in [1.807, 2.05) is 12.1 Å². The van der Waals surface area contributed by atoms with Crippen LogP contribution in [0, 0.1) is 5.92 Å². The van der Waals surface area contributed by atoms with Gasteiger partial charge in [-0.3, -0.25) is 4.90 Å². The van der Waals surface area contributed by atoms with Gasteiger partial charge in [-0.15, -0.1) is 24.8 Å². The Morgan fingerprint density at radius 2 is 1.61 bits per heavy atom. The lowest BCUT2D eigenvalue weighted by atomic mass is 9.95. The maximum absolute atomic E-state index is 11.6. The third-order valence-electron chi connectivity index (χ3n) is 3.98. The van der Waals surface area contributed by atoms with Gasteiger partial charge in [0.2, 0.25) is 0 Å². The van der Waals surface area contributed by atoms with E-state index in [2.05, 4.69) is 24.1 Å². The van der Waals surface area contributed by atoms with Crippen molar-refractivity contribution in [1.29, 1.82) is 0 Å². The van der Waals surface area contributed by atoms with Crippen molar-refractivity contribution in [3.63, 3.8) is 0 Å². The highest BCUT2D eigenvalue weighted by atomic mass is 35.5. The SMILES string of the molecule is CC(C)C[C@H](c1ccc(S(C)(=O)=O)cc1)N1CCNCC1.Cl.Cl. The van der Waals surface area contributed by atoms with Gasteiger partial charge in [-0.25, -0.2) is 8.42 Å². The van der Waals surface area contributed by atoms with Crippen LogP contribution < -0.4 is 5.32 Å². The van der Waals surface area contributed by atoms with Crippen molar-refractivity contribution in [2.24, 2.45) is 5.92 Å². The van der Waals surface area contributed by atoms with E-state index in [0.717, 1.165) is 32.6 Å². The molecular formula is C16H28Cl2N2O2S. The Kier molecular flexibility index (Phi) is 9.70. The maximum Gasteiger partial charge on any atom is 0.175 e. The number of hydrogen-bond acceptors (Lipinski definition) is 4. The molecule has 1 heterocycles. The molecule has 0 aliphatic carbocycles. The fourth-order valence-corrected chi connectivity index (χ4v) is 3.50. The molecule has 0 radical (unpaired) electrons. The summed E-state index contributed by atoms with van der Waals surface area (Å²) >= 11 is 0. The first-order chi connectivity index (χ1) is 9.88. The van der Waals surface area contributed by atoms with Crippen LogP contribution >= 0.6 is 24.8 Å². The molecule has 1 aliphatic heterocycles. The first kappa shape index (κ1) is 22.7. The van der Waals surface area contributed by atoms with Crippen molar-refractivity contribution in [3.05, 3.63) is 29.8 Å². The number of nitrogens with one attached hydrogen (secondary N) is 1. The zero-order valence-electron chi connectivity index (χ0n) is 14.0. The highest BCUT2D eigenvalue weighted by molar-refractivity contribution is 7.90. The van der Waals surface area contributed by atoms with E-state index in [1.54, 1.807) is 12.1 Å². The van der Waals surface area contributed by atoms with Gasteiger partial charge in [0.25, 0.3) is 0 Å². The van der Waals surface area contributed by atoms with E-state index >= 15 is 0 Å². The molecule has 1 saturated heterocycles. The molecule has 7 heteroatoms. The molecule has 1 aliphatic rings. The van der Waals surface area contributed by atoms with Crippen LogP contribution in [-0.2, 0) is 9.84 Å². The van der Waals surface area contributed by atoms with E-state index in [9.17, 15) is 8.42 Å². The molecule has 1 atom stereocenters. The van der Waals surface area contributed by atoms with Crippen LogP contribution in [0.25, 0.3) is 0 Å². The van der Waals surface area contributed by atoms with E-state index in [-0.39, 0.29) is 24.8 Å². The number of piperazine rings is 1. The van der Waals surface area contributed by atoms with Crippen LogP contribution in [0.3, 0.4) is 0 Å². The van der Waals surface area contributed by atoms with Crippen LogP contribution in [0.1, 0.15) is 31.9 Å². The highest BCUT2D eigenvalue weighted by Crippen LogP contribution is 2.28. The smallest absolute Gasteiger partial charge is 0.175 e. The van der Waals surface area contributed by atoms with Crippen LogP contribution in [0.15, 0.2) is 29.2 Å². The lowest BCUT2D eigenvalue weighted by molar-refractivity contribution is 0.154. The summed E-state index contributed by atoms with van der Waals surface area (Å²) in [5.41, 5.74) is 1.22. The lowest BCUT2D eigenvalue weighted by Gasteiger charge is -2.36. The number of sulfone groups is 1. The van der Waals surface area contributed by atoms with E-state index in [1.165, 1.54) is 11.8 Å². The first-order valence-electron chi connectivity index (χ1n) is 7.62. The summed E-state index contributed by atoms with van der Waals surface area (Å²) in [5.74, 6) is 0.611. The van der Waals surface area contributed by atoms with Gasteiger partial charge in [-0.1, -0.05) is 26.0 Å². The minimum absolute atomic E-state index is 0. The normalized spacial score (nSPS) is 17.2. The van der Waals surface area contributed by atoms with Crippen molar-refractivity contribution < 1.29 is 8.42 Å². The van der Waals surface area contributed by atoms with Gasteiger partial charge in [-0.2, -0.15) is 0 Å². The van der Waals surface area contributed by atoms with Crippen LogP contribution in [0.5, 0.6) is 0 Å². The molecule has 0 amide bonds. The summed E-state index contributed by atoms with van der Waals surface area (Å²) in [6.07, 6.45) is 2.35. The zero-order valence-corrected chi connectivity index (χ0v) is 16.4. The third-order valence-corrected chi connectivity index (χ3v) is 5.11. The molecular weight excluding hydrogens is 355 g/mol. The maximum atomic E-state index is 11.6. The van der Waals surface area contributed by atoms with Crippen LogP contribution in [-0.4, -0.2) is 45.8 Å². The molecule has 23 heavy (non-hydrogen) atoms. The Morgan fingerprint density at radius 3 is 2.04 bits per heavy atom. The Labute approximate surface area is 152 Å². The summed E-state index contributed by atoms with van der Waals surface area (Å²) in [6.45, 7) is 8.61. The lowest BCUT2D eigenvalue weighted by Crippen LogP contribution is -2.45. The second kappa shape index (κ2) is 9.84. The predicted molar refractivity (Wildman–Crippen MR) is 101 cm³/mol. The fraction of sp³-hybridized carbons (Fsp3) is 0.625. The van der Waals surface area contributed by atoms with Crippen molar-refractivity contribution >= 4 is 34.7 Å². The largest absolute Gasteiger partial charge is 0.314 e. The average Bonchev–Trinajstić information content (AvgIpc) is 2.45. The molecule has 2 rings (SSSR count). The van der Waals surface area contributed by atoms with Gasteiger partial charge < -0.3 is 5.32 Å². The number of nitrogens with zero attached hydrogens (tertiary/aromatic N) is 1. The molecule has 4 nitrogen and oxygen atoms in total. The van der Waals surface area contributed by atoms with Crippen molar-refractivity contribution in [2.45, 2.75) is 31.2 Å². The highest BCUT2D eigenvalue weighted by Gasteiger charge is 2.23. The topological polar surface area (TPSA) is 49.4 Å². The standard InChI is InChI=1S/C16H26N2O2S.2ClH/c1-13(2)12-16(18-10-8-17-9-11-18)14-4-6-15(7-5-14)21(3,19)20;;/h4-7,13,16-17H,8-12H2,1-3H3;2*1H/t16-;;/m1../s1. The molecule has 0 bridgehead atoms. The molecule has 1 aromatic carbocycles. The summed E-state index contributed by atoms with van der Waals surface area (Å²) in [5, 5.41) is 3.38. The number of hydrogen-bond donors (Lipinski definition) is 1. The van der Waals surface area contributed by atoms with Crippen molar-refractivity contribution in [2.75, 3.05) is 32.4 Å². The summed E-state index contributed by atoms with van der Waals surface area (Å²) in [6, 6.07) is 7.80. The summed E-state index contributed by atoms with van der Waals surface area (Å²) in [7, 11) is -3.12. The van der Waals surface area contributed by atoms with Crippen molar-refractivity contribution in [3.8, 4) is 0 Å². The molecule has 1 aromatic rings. The molecule has 0 unspecified atom stereocenters. The van der Waals surface area contributed by atoms with Gasteiger partial charge >= 0.3 is 0 Å². The number of benzene rings is 1. The van der Waals surface area contributed by atoms with Crippen LogP contribution in [0.4, 0.5) is 0 Å². The second-order valence-electron chi connectivity index (χ2n) is 6.27. The van der Waals surface area contributed by atoms with E-state index < -0.39 is 9.84 Å². The fourth-order valence-electron chi connectivity index (χ4n) is 2.87. The Bertz CT molecular complexity index is 556. The zero-order chi connectivity index (χ0) is 15.5. The van der Waals surface area contributed by atoms with Crippen LogP contribution in [0.2, 0.25) is 0 Å². The second-order valence-corrected chi connectivity index (χ2v) is 8.29. The van der Waals surface area contributed by atoms with Gasteiger partial charge in [0.05, 0.1) is 4.90 Å². The number of halogens is 2. The van der Waals surface area contributed by atoms with E-state index in [0.29, 0.717) is 16.9 Å². The number of rotatable bonds is 5. The molecule has 1 N–H and O–H groups in total. The Morgan fingerprint density at radius 1 is 1.09 bits per heavy atom. The molecule has 0 aromatic heterocycles. The Hall–Kier alpha value is -0.330. The molecule has 1 fully saturated rings. The minimum atomic E-state index is -3.12. The minimum Gasteiger partial charge on any atom is -0.314 e. The van der Waals surface area contributed by atoms with E-state index in [4.69, 9.17) is 0 Å². The van der Waals surface area contributed by atoms with Crippen molar-refractivity contribution in [1.82, 2.24) is 10.2 Å². The van der Waals surface area contributed by atoms with Gasteiger partial charge in [0, 0.05) is 38.5 Å². The van der Waals surface area contributed by atoms with Gasteiger partial charge in [-0.05, 0) is 30.0 Å². The molecule has 134 valence electrons. The average molecular weight is 383 g/mol. The van der Waals surface area contributed by atoms with Gasteiger partial charge in [0.1, 0.15) is 0 Å². The summed E-state index contributed by atoms with van der Waals surface area (Å²) in [4.78, 5) is 2.90.